The van der Waals surface area contributed by atoms with Gasteiger partial charge >= 0.3 is 0 Å². The molecule has 0 aliphatic rings. The summed E-state index contributed by atoms with van der Waals surface area (Å²) in [6, 6.07) is 9.67. The van der Waals surface area contributed by atoms with E-state index in [0.717, 1.165) is 11.1 Å². The highest BCUT2D eigenvalue weighted by atomic mass is 35.5. The van der Waals surface area contributed by atoms with Crippen molar-refractivity contribution in [2.75, 3.05) is 7.11 Å². The zero-order chi connectivity index (χ0) is 14.0. The maximum Gasteiger partial charge on any atom is 0.137 e. The molecule has 0 aliphatic carbocycles. The molecular formula is C15H15ClFNO. The fourth-order valence-corrected chi connectivity index (χ4v) is 2.21. The Morgan fingerprint density at radius 3 is 2.53 bits per heavy atom. The van der Waals surface area contributed by atoms with Crippen molar-refractivity contribution in [1.82, 2.24) is 0 Å². The first-order chi connectivity index (χ1) is 9.02. The number of ether oxygens (including phenoxy) is 1. The minimum atomic E-state index is -0.552. The molecular weight excluding hydrogens is 265 g/mol. The first-order valence-electron chi connectivity index (χ1n) is 5.88. The number of aryl methyl sites for hydroxylation is 1. The Bertz CT molecular complexity index is 601. The predicted octanol–water partition coefficient (Wildman–Crippen LogP) is 3.84. The van der Waals surface area contributed by atoms with Crippen molar-refractivity contribution in [2.24, 2.45) is 5.73 Å². The van der Waals surface area contributed by atoms with E-state index >= 15 is 0 Å². The van der Waals surface area contributed by atoms with Crippen molar-refractivity contribution in [1.29, 1.82) is 0 Å². The lowest BCUT2D eigenvalue weighted by Gasteiger charge is -2.15. The average molecular weight is 280 g/mol. The standard InChI is InChI=1S/C15H15ClFNO/c1-9-3-5-11(13(17)7-9)15(18)10-4-6-14(19-2)12(16)8-10/h3-8,15H,18H2,1-2H3. The van der Waals surface area contributed by atoms with E-state index in [1.165, 1.54) is 6.07 Å². The Morgan fingerprint density at radius 2 is 1.95 bits per heavy atom. The summed E-state index contributed by atoms with van der Waals surface area (Å²) >= 11 is 6.05. The van der Waals surface area contributed by atoms with Gasteiger partial charge in [0, 0.05) is 5.56 Å². The molecule has 1 unspecified atom stereocenters. The molecule has 0 radical (unpaired) electrons. The third-order valence-electron chi connectivity index (χ3n) is 3.03. The van der Waals surface area contributed by atoms with Crippen LogP contribution >= 0.6 is 11.6 Å². The second-order valence-corrected chi connectivity index (χ2v) is 4.80. The van der Waals surface area contributed by atoms with Gasteiger partial charge in [-0.25, -0.2) is 4.39 Å². The van der Waals surface area contributed by atoms with E-state index in [4.69, 9.17) is 22.1 Å². The molecule has 2 aromatic carbocycles. The van der Waals surface area contributed by atoms with Crippen LogP contribution in [0, 0.1) is 12.7 Å². The number of nitrogens with two attached hydrogens (primary N) is 1. The zero-order valence-electron chi connectivity index (χ0n) is 10.8. The average Bonchev–Trinajstić information content (AvgIpc) is 2.38. The molecule has 0 spiro atoms. The lowest BCUT2D eigenvalue weighted by atomic mass is 9.98. The van der Waals surface area contributed by atoms with E-state index in [2.05, 4.69) is 0 Å². The highest BCUT2D eigenvalue weighted by molar-refractivity contribution is 6.32. The van der Waals surface area contributed by atoms with E-state index in [1.54, 1.807) is 31.4 Å². The molecule has 0 saturated carbocycles. The largest absolute Gasteiger partial charge is 0.495 e. The summed E-state index contributed by atoms with van der Waals surface area (Å²) in [7, 11) is 1.54. The van der Waals surface area contributed by atoms with Gasteiger partial charge in [-0.2, -0.15) is 0 Å². The first kappa shape index (κ1) is 13.8. The molecule has 2 aromatic rings. The maximum atomic E-state index is 13.9. The van der Waals surface area contributed by atoms with Gasteiger partial charge < -0.3 is 10.5 Å². The number of hydrogen-bond acceptors (Lipinski definition) is 2. The van der Waals surface area contributed by atoms with E-state index < -0.39 is 6.04 Å². The van der Waals surface area contributed by atoms with Crippen LogP contribution in [0.5, 0.6) is 5.75 Å². The second kappa shape index (κ2) is 5.59. The second-order valence-electron chi connectivity index (χ2n) is 4.40. The van der Waals surface area contributed by atoms with Crippen LogP contribution in [0.4, 0.5) is 4.39 Å². The van der Waals surface area contributed by atoms with E-state index in [-0.39, 0.29) is 5.82 Å². The van der Waals surface area contributed by atoms with Crippen LogP contribution in [0.2, 0.25) is 5.02 Å². The minimum Gasteiger partial charge on any atom is -0.495 e. The van der Waals surface area contributed by atoms with Crippen molar-refractivity contribution in [3.05, 3.63) is 63.9 Å². The normalized spacial score (nSPS) is 12.3. The van der Waals surface area contributed by atoms with Gasteiger partial charge in [0.1, 0.15) is 11.6 Å². The summed E-state index contributed by atoms with van der Waals surface area (Å²) in [5, 5.41) is 0.461. The molecule has 0 heterocycles. The maximum absolute atomic E-state index is 13.9. The van der Waals surface area contributed by atoms with E-state index in [0.29, 0.717) is 16.3 Å². The molecule has 2 rings (SSSR count). The molecule has 1 atom stereocenters. The molecule has 2 nitrogen and oxygen atoms in total. The fraction of sp³-hybridized carbons (Fsp3) is 0.200. The van der Waals surface area contributed by atoms with Gasteiger partial charge in [0.25, 0.3) is 0 Å². The number of benzene rings is 2. The summed E-state index contributed by atoms with van der Waals surface area (Å²) in [5.74, 6) is 0.265. The third-order valence-corrected chi connectivity index (χ3v) is 3.32. The molecule has 100 valence electrons. The molecule has 4 heteroatoms. The lowest BCUT2D eigenvalue weighted by Crippen LogP contribution is -2.13. The minimum absolute atomic E-state index is 0.306. The van der Waals surface area contributed by atoms with Crippen LogP contribution in [0.3, 0.4) is 0 Å². The molecule has 0 amide bonds. The molecule has 0 aliphatic heterocycles. The Hall–Kier alpha value is -1.58. The fourth-order valence-electron chi connectivity index (χ4n) is 1.94. The van der Waals surface area contributed by atoms with Crippen LogP contribution in [-0.4, -0.2) is 7.11 Å². The Kier molecular flexibility index (Phi) is 4.08. The number of halogens is 2. The Morgan fingerprint density at radius 1 is 1.21 bits per heavy atom. The van der Waals surface area contributed by atoms with Crippen molar-refractivity contribution in [2.45, 2.75) is 13.0 Å². The highest BCUT2D eigenvalue weighted by Crippen LogP contribution is 2.30. The Balaban J connectivity index is 2.38. The van der Waals surface area contributed by atoms with Crippen LogP contribution in [-0.2, 0) is 0 Å². The van der Waals surface area contributed by atoms with Crippen LogP contribution in [0.25, 0.3) is 0 Å². The SMILES string of the molecule is COc1ccc(C(N)c2ccc(C)cc2F)cc1Cl. The first-order valence-corrected chi connectivity index (χ1v) is 6.26. The van der Waals surface area contributed by atoms with Gasteiger partial charge in [0.05, 0.1) is 18.2 Å². The van der Waals surface area contributed by atoms with Crippen LogP contribution < -0.4 is 10.5 Å². The molecule has 0 aromatic heterocycles. The van der Waals surface area contributed by atoms with Crippen molar-refractivity contribution < 1.29 is 9.13 Å². The van der Waals surface area contributed by atoms with Gasteiger partial charge in [-0.3, -0.25) is 0 Å². The van der Waals surface area contributed by atoms with Crippen LogP contribution in [0.15, 0.2) is 36.4 Å². The Labute approximate surface area is 117 Å². The van der Waals surface area contributed by atoms with E-state index in [9.17, 15) is 4.39 Å². The van der Waals surface area contributed by atoms with Gasteiger partial charge in [0.2, 0.25) is 0 Å². The molecule has 0 fully saturated rings. The van der Waals surface area contributed by atoms with E-state index in [1.807, 2.05) is 13.0 Å². The summed E-state index contributed by atoms with van der Waals surface area (Å²) < 4.78 is 19.0. The monoisotopic (exact) mass is 279 g/mol. The van der Waals surface area contributed by atoms with Crippen molar-refractivity contribution >= 4 is 11.6 Å². The summed E-state index contributed by atoms with van der Waals surface area (Å²) in [4.78, 5) is 0. The third kappa shape index (κ3) is 2.88. The smallest absolute Gasteiger partial charge is 0.137 e. The topological polar surface area (TPSA) is 35.2 Å². The van der Waals surface area contributed by atoms with Crippen molar-refractivity contribution in [3.63, 3.8) is 0 Å². The molecule has 0 saturated heterocycles. The number of hydrogen-bond donors (Lipinski definition) is 1. The van der Waals surface area contributed by atoms with Gasteiger partial charge in [-0.05, 0) is 36.2 Å². The van der Waals surface area contributed by atoms with Gasteiger partial charge in [0.15, 0.2) is 0 Å². The molecule has 2 N–H and O–H groups in total. The highest BCUT2D eigenvalue weighted by Gasteiger charge is 2.15. The number of methoxy groups -OCH3 is 1. The van der Waals surface area contributed by atoms with Crippen molar-refractivity contribution in [3.8, 4) is 5.75 Å². The summed E-state index contributed by atoms with van der Waals surface area (Å²) in [6.45, 7) is 1.84. The number of rotatable bonds is 3. The summed E-state index contributed by atoms with van der Waals surface area (Å²) in [6.07, 6.45) is 0. The molecule has 19 heavy (non-hydrogen) atoms. The van der Waals surface area contributed by atoms with Crippen LogP contribution in [0.1, 0.15) is 22.7 Å². The molecule has 0 bridgehead atoms. The predicted molar refractivity (Wildman–Crippen MR) is 75.2 cm³/mol. The quantitative estimate of drug-likeness (QED) is 0.926. The summed E-state index contributed by atoms with van der Waals surface area (Å²) in [5.41, 5.74) is 8.15. The lowest BCUT2D eigenvalue weighted by molar-refractivity contribution is 0.415. The van der Waals surface area contributed by atoms with Gasteiger partial charge in [-0.1, -0.05) is 29.8 Å². The van der Waals surface area contributed by atoms with Gasteiger partial charge in [-0.15, -0.1) is 0 Å². The zero-order valence-corrected chi connectivity index (χ0v) is 11.5.